The average molecular weight is 303 g/mol. The van der Waals surface area contributed by atoms with Gasteiger partial charge in [0.05, 0.1) is 5.69 Å². The van der Waals surface area contributed by atoms with Crippen molar-refractivity contribution >= 4 is 46.2 Å². The standard InChI is InChI=1S/C15H11ClN2OS/c16-11-6-8-13(9-7-11)18-14(19)10-17(15(18)20)12-4-2-1-3-5-12/h1-9H,10H2. The van der Waals surface area contributed by atoms with Crippen LogP contribution in [0.3, 0.4) is 0 Å². The second-order valence-electron chi connectivity index (χ2n) is 4.41. The molecular formula is C15H11ClN2OS. The second-order valence-corrected chi connectivity index (χ2v) is 5.21. The number of rotatable bonds is 2. The molecule has 0 saturated carbocycles. The van der Waals surface area contributed by atoms with E-state index in [2.05, 4.69) is 0 Å². The maximum atomic E-state index is 12.2. The monoisotopic (exact) mass is 302 g/mol. The topological polar surface area (TPSA) is 23.6 Å². The molecule has 20 heavy (non-hydrogen) atoms. The van der Waals surface area contributed by atoms with Gasteiger partial charge in [0.25, 0.3) is 5.91 Å². The molecule has 1 saturated heterocycles. The van der Waals surface area contributed by atoms with Gasteiger partial charge in [-0.15, -0.1) is 0 Å². The SMILES string of the molecule is O=C1CN(c2ccccc2)C(=S)N1c1ccc(Cl)cc1. The van der Waals surface area contributed by atoms with Crippen molar-refractivity contribution in [2.75, 3.05) is 16.3 Å². The number of benzene rings is 2. The summed E-state index contributed by atoms with van der Waals surface area (Å²) in [5.41, 5.74) is 1.66. The minimum Gasteiger partial charge on any atom is -0.309 e. The summed E-state index contributed by atoms with van der Waals surface area (Å²) in [6, 6.07) is 16.7. The van der Waals surface area contributed by atoms with Crippen LogP contribution in [-0.4, -0.2) is 17.6 Å². The Morgan fingerprint density at radius 2 is 1.60 bits per heavy atom. The van der Waals surface area contributed by atoms with Gasteiger partial charge < -0.3 is 4.90 Å². The molecule has 1 aliphatic rings. The zero-order valence-corrected chi connectivity index (χ0v) is 12.1. The fourth-order valence-electron chi connectivity index (χ4n) is 2.16. The van der Waals surface area contributed by atoms with Crippen LogP contribution in [0.2, 0.25) is 5.02 Å². The second kappa shape index (κ2) is 5.23. The molecule has 1 amide bonds. The number of carbonyl (C=O) groups is 1. The number of anilines is 2. The summed E-state index contributed by atoms with van der Waals surface area (Å²) in [7, 11) is 0. The van der Waals surface area contributed by atoms with Gasteiger partial charge in [-0.1, -0.05) is 29.8 Å². The van der Waals surface area contributed by atoms with E-state index in [0.29, 0.717) is 10.1 Å². The van der Waals surface area contributed by atoms with Crippen LogP contribution in [0.25, 0.3) is 0 Å². The molecule has 100 valence electrons. The third kappa shape index (κ3) is 2.28. The van der Waals surface area contributed by atoms with E-state index < -0.39 is 0 Å². The van der Waals surface area contributed by atoms with E-state index in [9.17, 15) is 4.79 Å². The van der Waals surface area contributed by atoms with Crippen molar-refractivity contribution in [1.29, 1.82) is 0 Å². The Bertz CT molecular complexity index is 657. The molecule has 0 radical (unpaired) electrons. The van der Waals surface area contributed by atoms with Crippen molar-refractivity contribution in [2.24, 2.45) is 0 Å². The van der Waals surface area contributed by atoms with Gasteiger partial charge in [0, 0.05) is 10.7 Å². The number of nitrogens with zero attached hydrogens (tertiary/aromatic N) is 2. The summed E-state index contributed by atoms with van der Waals surface area (Å²) in [6.45, 7) is 0.255. The van der Waals surface area contributed by atoms with E-state index in [1.54, 1.807) is 29.2 Å². The van der Waals surface area contributed by atoms with Crippen LogP contribution in [-0.2, 0) is 4.79 Å². The lowest BCUT2D eigenvalue weighted by atomic mass is 10.3. The van der Waals surface area contributed by atoms with Crippen molar-refractivity contribution in [3.8, 4) is 0 Å². The van der Waals surface area contributed by atoms with Crippen molar-refractivity contribution in [3.05, 3.63) is 59.6 Å². The van der Waals surface area contributed by atoms with Crippen LogP contribution in [0.15, 0.2) is 54.6 Å². The van der Waals surface area contributed by atoms with E-state index in [-0.39, 0.29) is 12.5 Å². The number of amides is 1. The van der Waals surface area contributed by atoms with Gasteiger partial charge in [-0.05, 0) is 48.6 Å². The fourth-order valence-corrected chi connectivity index (χ4v) is 2.66. The lowest BCUT2D eigenvalue weighted by Gasteiger charge is -2.20. The van der Waals surface area contributed by atoms with Crippen LogP contribution in [0, 0.1) is 0 Å². The highest BCUT2D eigenvalue weighted by Gasteiger charge is 2.34. The zero-order chi connectivity index (χ0) is 14.1. The van der Waals surface area contributed by atoms with Crippen molar-refractivity contribution in [2.45, 2.75) is 0 Å². The highest BCUT2D eigenvalue weighted by atomic mass is 35.5. The molecule has 1 fully saturated rings. The zero-order valence-electron chi connectivity index (χ0n) is 10.5. The summed E-state index contributed by atoms with van der Waals surface area (Å²) >= 11 is 11.3. The Balaban J connectivity index is 1.93. The number of hydrogen-bond acceptors (Lipinski definition) is 2. The number of hydrogen-bond donors (Lipinski definition) is 0. The van der Waals surface area contributed by atoms with Gasteiger partial charge in [-0.3, -0.25) is 9.69 Å². The van der Waals surface area contributed by atoms with Crippen LogP contribution in [0.1, 0.15) is 0 Å². The fraction of sp³-hybridized carbons (Fsp3) is 0.0667. The quantitative estimate of drug-likeness (QED) is 0.794. The van der Waals surface area contributed by atoms with Crippen LogP contribution in [0.4, 0.5) is 11.4 Å². The minimum atomic E-state index is -0.0406. The summed E-state index contributed by atoms with van der Waals surface area (Å²) in [6.07, 6.45) is 0. The first-order valence-electron chi connectivity index (χ1n) is 6.12. The van der Waals surface area contributed by atoms with Crippen molar-refractivity contribution < 1.29 is 4.79 Å². The van der Waals surface area contributed by atoms with Crippen molar-refractivity contribution in [1.82, 2.24) is 0 Å². The minimum absolute atomic E-state index is 0.0406. The highest BCUT2D eigenvalue weighted by molar-refractivity contribution is 7.81. The first-order valence-corrected chi connectivity index (χ1v) is 6.90. The van der Waals surface area contributed by atoms with Gasteiger partial charge in [0.2, 0.25) is 0 Å². The summed E-state index contributed by atoms with van der Waals surface area (Å²) in [5.74, 6) is -0.0406. The smallest absolute Gasteiger partial charge is 0.253 e. The lowest BCUT2D eigenvalue weighted by Crippen LogP contribution is -2.32. The number of para-hydroxylation sites is 1. The van der Waals surface area contributed by atoms with Crippen LogP contribution >= 0.6 is 23.8 Å². The molecule has 1 aliphatic heterocycles. The molecule has 0 spiro atoms. The molecule has 5 heteroatoms. The molecule has 0 N–H and O–H groups in total. The van der Waals surface area contributed by atoms with Crippen molar-refractivity contribution in [3.63, 3.8) is 0 Å². The van der Waals surface area contributed by atoms with E-state index >= 15 is 0 Å². The predicted molar refractivity (Wildman–Crippen MR) is 85.3 cm³/mol. The van der Waals surface area contributed by atoms with E-state index in [0.717, 1.165) is 11.4 Å². The summed E-state index contributed by atoms with van der Waals surface area (Å²) in [4.78, 5) is 15.6. The maximum Gasteiger partial charge on any atom is 0.253 e. The van der Waals surface area contributed by atoms with Gasteiger partial charge in [-0.2, -0.15) is 0 Å². The Kier molecular flexibility index (Phi) is 3.42. The van der Waals surface area contributed by atoms with Gasteiger partial charge >= 0.3 is 0 Å². The van der Waals surface area contributed by atoms with E-state index in [4.69, 9.17) is 23.8 Å². The molecule has 3 nitrogen and oxygen atoms in total. The Labute approximate surface area is 127 Å². The van der Waals surface area contributed by atoms with E-state index in [1.807, 2.05) is 35.2 Å². The van der Waals surface area contributed by atoms with Crippen LogP contribution < -0.4 is 9.80 Å². The first kappa shape index (κ1) is 13.1. The molecular weight excluding hydrogens is 292 g/mol. The Morgan fingerprint density at radius 3 is 2.25 bits per heavy atom. The largest absolute Gasteiger partial charge is 0.309 e. The Hall–Kier alpha value is -1.91. The van der Waals surface area contributed by atoms with Gasteiger partial charge in [0.15, 0.2) is 5.11 Å². The molecule has 0 aliphatic carbocycles. The van der Waals surface area contributed by atoms with Gasteiger partial charge in [-0.25, -0.2) is 0 Å². The molecule has 2 aromatic rings. The Morgan fingerprint density at radius 1 is 0.950 bits per heavy atom. The number of thiocarbonyl (C=S) groups is 1. The first-order chi connectivity index (χ1) is 9.66. The lowest BCUT2D eigenvalue weighted by molar-refractivity contribution is -0.115. The molecule has 0 unspecified atom stereocenters. The number of carbonyl (C=O) groups excluding carboxylic acids is 1. The summed E-state index contributed by atoms with van der Waals surface area (Å²) < 4.78 is 0. The number of halogens is 1. The molecule has 0 aromatic heterocycles. The molecule has 3 rings (SSSR count). The normalized spacial score (nSPS) is 15.1. The average Bonchev–Trinajstić information content (AvgIpc) is 2.76. The maximum absolute atomic E-state index is 12.2. The molecule has 0 bridgehead atoms. The predicted octanol–water partition coefficient (Wildman–Crippen LogP) is 3.48. The third-order valence-electron chi connectivity index (χ3n) is 3.12. The molecule has 0 atom stereocenters. The molecule has 2 aromatic carbocycles. The summed E-state index contributed by atoms with van der Waals surface area (Å²) in [5, 5.41) is 1.12. The van der Waals surface area contributed by atoms with Gasteiger partial charge in [0.1, 0.15) is 6.54 Å². The highest BCUT2D eigenvalue weighted by Crippen LogP contribution is 2.26. The van der Waals surface area contributed by atoms with Crippen LogP contribution in [0.5, 0.6) is 0 Å². The molecule has 1 heterocycles. The van der Waals surface area contributed by atoms with E-state index in [1.165, 1.54) is 0 Å². The third-order valence-corrected chi connectivity index (χ3v) is 3.77.